The Hall–Kier alpha value is -1.97. The van der Waals surface area contributed by atoms with Gasteiger partial charge >= 0.3 is 0 Å². The maximum absolute atomic E-state index is 14.0. The van der Waals surface area contributed by atoms with Crippen molar-refractivity contribution in [1.82, 2.24) is 9.55 Å². The number of nitrogens with zero attached hydrogens (tertiary/aromatic N) is 2. The normalized spacial score (nSPS) is 12.8. The zero-order chi connectivity index (χ0) is 14.0. The molecule has 1 heterocycles. The zero-order valence-corrected chi connectivity index (χ0v) is 11.2. The molecule has 0 radical (unpaired) electrons. The summed E-state index contributed by atoms with van der Waals surface area (Å²) in [5.74, 6) is -1.11. The van der Waals surface area contributed by atoms with Gasteiger partial charge in [-0.05, 0) is 23.1 Å². The highest BCUT2D eigenvalue weighted by atomic mass is 19.1. The molecule has 4 heteroatoms. The van der Waals surface area contributed by atoms with Crippen molar-refractivity contribution >= 4 is 11.8 Å². The van der Waals surface area contributed by atoms with Crippen molar-refractivity contribution in [2.75, 3.05) is 0 Å². The third kappa shape index (κ3) is 2.89. The SMILES string of the molecule is CC(C)(C)C(=Cn1ccnc1)c1c(F)cccc1F. The fraction of sp³-hybridized carbons (Fsp3) is 0.267. The van der Waals surface area contributed by atoms with Crippen LogP contribution in [0.3, 0.4) is 0 Å². The minimum atomic E-state index is -0.554. The summed E-state index contributed by atoms with van der Waals surface area (Å²) in [6, 6.07) is 3.91. The summed E-state index contributed by atoms with van der Waals surface area (Å²) in [6.45, 7) is 5.75. The third-order valence-corrected chi connectivity index (χ3v) is 2.84. The summed E-state index contributed by atoms with van der Waals surface area (Å²) in [5.41, 5.74) is 0.206. The van der Waals surface area contributed by atoms with Gasteiger partial charge in [0.05, 0.1) is 11.9 Å². The number of benzene rings is 1. The van der Waals surface area contributed by atoms with E-state index in [0.29, 0.717) is 5.57 Å². The van der Waals surface area contributed by atoms with Crippen molar-refractivity contribution in [2.24, 2.45) is 5.41 Å². The van der Waals surface area contributed by atoms with Crippen LogP contribution in [0.4, 0.5) is 8.78 Å². The Balaban J connectivity index is 2.63. The minimum Gasteiger partial charge on any atom is -0.313 e. The predicted octanol–water partition coefficient (Wildman–Crippen LogP) is 4.21. The van der Waals surface area contributed by atoms with Crippen LogP contribution in [0, 0.1) is 17.0 Å². The van der Waals surface area contributed by atoms with Crippen molar-refractivity contribution in [2.45, 2.75) is 20.8 Å². The molecule has 100 valence electrons. The second kappa shape index (κ2) is 4.96. The van der Waals surface area contributed by atoms with Gasteiger partial charge in [0, 0.05) is 18.6 Å². The summed E-state index contributed by atoms with van der Waals surface area (Å²) in [6.07, 6.45) is 6.64. The second-order valence-corrected chi connectivity index (χ2v) is 5.40. The van der Waals surface area contributed by atoms with E-state index < -0.39 is 17.0 Å². The molecule has 0 spiro atoms. The van der Waals surface area contributed by atoms with Crippen LogP contribution in [-0.4, -0.2) is 9.55 Å². The summed E-state index contributed by atoms with van der Waals surface area (Å²) < 4.78 is 29.6. The molecule has 19 heavy (non-hydrogen) atoms. The molecule has 0 unspecified atom stereocenters. The van der Waals surface area contributed by atoms with Crippen molar-refractivity contribution in [3.63, 3.8) is 0 Å². The van der Waals surface area contributed by atoms with Crippen molar-refractivity contribution < 1.29 is 8.78 Å². The highest BCUT2D eigenvalue weighted by Gasteiger charge is 2.24. The van der Waals surface area contributed by atoms with Gasteiger partial charge in [-0.3, -0.25) is 0 Å². The van der Waals surface area contributed by atoms with E-state index in [1.165, 1.54) is 18.2 Å². The molecule has 0 aliphatic rings. The Morgan fingerprint density at radius 1 is 1.21 bits per heavy atom. The first-order chi connectivity index (χ1) is 8.89. The molecule has 1 aromatic heterocycles. The van der Waals surface area contributed by atoms with Gasteiger partial charge < -0.3 is 4.57 Å². The van der Waals surface area contributed by atoms with E-state index in [4.69, 9.17) is 0 Å². The van der Waals surface area contributed by atoms with Crippen molar-refractivity contribution in [3.05, 3.63) is 54.1 Å². The van der Waals surface area contributed by atoms with Crippen LogP contribution in [0.15, 0.2) is 36.9 Å². The van der Waals surface area contributed by atoms with Crippen LogP contribution in [-0.2, 0) is 0 Å². The van der Waals surface area contributed by atoms with Gasteiger partial charge in [0.1, 0.15) is 11.6 Å². The number of hydrogen-bond donors (Lipinski definition) is 0. The number of allylic oxidation sites excluding steroid dienone is 1. The lowest BCUT2D eigenvalue weighted by atomic mass is 9.82. The Morgan fingerprint density at radius 2 is 1.84 bits per heavy atom. The molecule has 2 aromatic rings. The fourth-order valence-corrected chi connectivity index (χ4v) is 1.88. The van der Waals surface area contributed by atoms with Crippen LogP contribution in [0.25, 0.3) is 11.8 Å². The predicted molar refractivity (Wildman–Crippen MR) is 72.2 cm³/mol. The summed E-state index contributed by atoms with van der Waals surface area (Å²) in [7, 11) is 0. The molecule has 0 aliphatic carbocycles. The van der Waals surface area contributed by atoms with Crippen LogP contribution in [0.2, 0.25) is 0 Å². The molecule has 2 rings (SSSR count). The Bertz CT molecular complexity index is 573. The van der Waals surface area contributed by atoms with Gasteiger partial charge in [0.25, 0.3) is 0 Å². The van der Waals surface area contributed by atoms with Gasteiger partial charge in [0.15, 0.2) is 0 Å². The van der Waals surface area contributed by atoms with E-state index >= 15 is 0 Å². The van der Waals surface area contributed by atoms with E-state index in [9.17, 15) is 8.78 Å². The van der Waals surface area contributed by atoms with E-state index in [0.717, 1.165) is 0 Å². The van der Waals surface area contributed by atoms with Gasteiger partial charge in [-0.25, -0.2) is 13.8 Å². The average molecular weight is 262 g/mol. The first-order valence-electron chi connectivity index (χ1n) is 6.03. The summed E-state index contributed by atoms with van der Waals surface area (Å²) in [5, 5.41) is 0. The Labute approximate surface area is 111 Å². The van der Waals surface area contributed by atoms with Crippen LogP contribution >= 0.6 is 0 Å². The van der Waals surface area contributed by atoms with Gasteiger partial charge in [0.2, 0.25) is 0 Å². The lowest BCUT2D eigenvalue weighted by Gasteiger charge is -2.24. The molecule has 1 aromatic carbocycles. The van der Waals surface area contributed by atoms with E-state index in [1.54, 1.807) is 29.5 Å². The van der Waals surface area contributed by atoms with Crippen molar-refractivity contribution in [3.8, 4) is 0 Å². The number of rotatable bonds is 2. The highest BCUT2D eigenvalue weighted by Crippen LogP contribution is 2.37. The molecule has 0 atom stereocenters. The fourth-order valence-electron chi connectivity index (χ4n) is 1.88. The molecular formula is C15H16F2N2. The van der Waals surface area contributed by atoms with Crippen LogP contribution in [0.1, 0.15) is 26.3 Å². The maximum Gasteiger partial charge on any atom is 0.133 e. The third-order valence-electron chi connectivity index (χ3n) is 2.84. The molecule has 0 amide bonds. The van der Waals surface area contributed by atoms with E-state index in [1.807, 2.05) is 20.8 Å². The Morgan fingerprint density at radius 3 is 2.32 bits per heavy atom. The largest absolute Gasteiger partial charge is 0.313 e. The number of imidazole rings is 1. The standard InChI is InChI=1S/C15H16F2N2/c1-15(2,3)11(9-19-8-7-18-10-19)14-12(16)5-4-6-13(14)17/h4-10H,1-3H3. The summed E-state index contributed by atoms with van der Waals surface area (Å²) in [4.78, 5) is 3.93. The average Bonchev–Trinajstić information content (AvgIpc) is 2.79. The minimum absolute atomic E-state index is 0.0173. The molecule has 0 saturated heterocycles. The number of aromatic nitrogens is 2. The molecule has 0 saturated carbocycles. The lowest BCUT2D eigenvalue weighted by molar-refractivity contribution is 0.534. The zero-order valence-electron chi connectivity index (χ0n) is 11.2. The first-order valence-corrected chi connectivity index (χ1v) is 6.03. The van der Waals surface area contributed by atoms with E-state index in [-0.39, 0.29) is 5.56 Å². The topological polar surface area (TPSA) is 17.8 Å². The smallest absolute Gasteiger partial charge is 0.133 e. The van der Waals surface area contributed by atoms with Crippen molar-refractivity contribution in [1.29, 1.82) is 0 Å². The quantitative estimate of drug-likeness (QED) is 0.793. The number of hydrogen-bond acceptors (Lipinski definition) is 1. The second-order valence-electron chi connectivity index (χ2n) is 5.40. The number of halogens is 2. The molecule has 0 fully saturated rings. The molecule has 0 N–H and O–H groups in total. The molecule has 2 nitrogen and oxygen atoms in total. The van der Waals surface area contributed by atoms with Gasteiger partial charge in [-0.2, -0.15) is 0 Å². The van der Waals surface area contributed by atoms with Crippen LogP contribution in [0.5, 0.6) is 0 Å². The molecular weight excluding hydrogens is 246 g/mol. The molecule has 0 bridgehead atoms. The Kier molecular flexibility index (Phi) is 3.51. The van der Waals surface area contributed by atoms with Crippen LogP contribution < -0.4 is 0 Å². The monoisotopic (exact) mass is 262 g/mol. The van der Waals surface area contributed by atoms with E-state index in [2.05, 4.69) is 4.98 Å². The first kappa shape index (κ1) is 13.5. The van der Waals surface area contributed by atoms with Gasteiger partial charge in [-0.1, -0.05) is 26.8 Å². The summed E-state index contributed by atoms with van der Waals surface area (Å²) >= 11 is 0. The molecule has 0 aliphatic heterocycles. The lowest BCUT2D eigenvalue weighted by Crippen LogP contribution is -2.12. The van der Waals surface area contributed by atoms with Gasteiger partial charge in [-0.15, -0.1) is 0 Å². The highest BCUT2D eigenvalue weighted by molar-refractivity contribution is 5.79. The maximum atomic E-state index is 14.0.